The highest BCUT2D eigenvalue weighted by Crippen LogP contribution is 2.36. The molecule has 0 aliphatic heterocycles. The molecular weight excluding hydrogens is 277 g/mol. The number of hydrogen-bond donors (Lipinski definition) is 1. The quantitative estimate of drug-likeness (QED) is 0.868. The van der Waals surface area contributed by atoms with E-state index in [1.165, 1.54) is 18.6 Å². The molecule has 21 heavy (non-hydrogen) atoms. The lowest BCUT2D eigenvalue weighted by atomic mass is 9.82. The highest BCUT2D eigenvalue weighted by molar-refractivity contribution is 5.56. The fourth-order valence-corrected chi connectivity index (χ4v) is 3.00. The van der Waals surface area contributed by atoms with Gasteiger partial charge in [0.15, 0.2) is 0 Å². The minimum absolute atomic E-state index is 0.0270. The Kier molecular flexibility index (Phi) is 4.76. The summed E-state index contributed by atoms with van der Waals surface area (Å²) in [6.07, 6.45) is 0.0306. The van der Waals surface area contributed by atoms with Crippen molar-refractivity contribution in [2.24, 2.45) is 11.8 Å². The van der Waals surface area contributed by atoms with Crippen LogP contribution in [0.25, 0.3) is 0 Å². The van der Waals surface area contributed by atoms with Crippen LogP contribution in [0.4, 0.5) is 18.9 Å². The maximum absolute atomic E-state index is 13.0. The number of nitrogens with zero attached hydrogens (tertiary/aromatic N) is 1. The number of benzene rings is 1. The van der Waals surface area contributed by atoms with Gasteiger partial charge in [0, 0.05) is 12.2 Å². The van der Waals surface area contributed by atoms with E-state index in [9.17, 15) is 13.2 Å². The average molecular weight is 296 g/mol. The number of nitriles is 1. The summed E-state index contributed by atoms with van der Waals surface area (Å²) in [6.45, 7) is 2.74. The van der Waals surface area contributed by atoms with Crippen LogP contribution in [0.1, 0.15) is 43.7 Å². The molecule has 1 aromatic carbocycles. The van der Waals surface area contributed by atoms with E-state index in [2.05, 4.69) is 12.2 Å². The van der Waals surface area contributed by atoms with Gasteiger partial charge in [-0.2, -0.15) is 18.4 Å². The Morgan fingerprint density at radius 1 is 1.33 bits per heavy atom. The first kappa shape index (κ1) is 15.7. The predicted octanol–water partition coefficient (Wildman–Crippen LogP) is 4.82. The monoisotopic (exact) mass is 296 g/mol. The van der Waals surface area contributed by atoms with Crippen LogP contribution in [0.2, 0.25) is 0 Å². The van der Waals surface area contributed by atoms with E-state index >= 15 is 0 Å². The second-order valence-corrected chi connectivity index (χ2v) is 5.89. The summed E-state index contributed by atoms with van der Waals surface area (Å²) < 4.78 is 39.1. The molecule has 5 heteroatoms. The first-order chi connectivity index (χ1) is 9.90. The number of alkyl halides is 3. The van der Waals surface area contributed by atoms with Crippen molar-refractivity contribution in [3.8, 4) is 6.07 Å². The zero-order valence-corrected chi connectivity index (χ0v) is 12.0. The molecule has 1 fully saturated rings. The van der Waals surface area contributed by atoms with Gasteiger partial charge < -0.3 is 5.32 Å². The Morgan fingerprint density at radius 2 is 2.10 bits per heavy atom. The molecular formula is C16H19F3N2. The maximum atomic E-state index is 13.0. The summed E-state index contributed by atoms with van der Waals surface area (Å²) >= 11 is 0. The van der Waals surface area contributed by atoms with Gasteiger partial charge in [0.05, 0.1) is 17.2 Å². The van der Waals surface area contributed by atoms with Gasteiger partial charge in [-0.3, -0.25) is 0 Å². The second kappa shape index (κ2) is 6.38. The largest absolute Gasteiger partial charge is 0.418 e. The summed E-state index contributed by atoms with van der Waals surface area (Å²) in [4.78, 5) is 0. The van der Waals surface area contributed by atoms with E-state index in [0.29, 0.717) is 18.4 Å². The van der Waals surface area contributed by atoms with Gasteiger partial charge in [-0.15, -0.1) is 0 Å². The van der Waals surface area contributed by atoms with Gasteiger partial charge in [-0.25, -0.2) is 0 Å². The Hall–Kier alpha value is -1.70. The standard InChI is InChI=1S/C16H19F3N2/c1-11-3-2-4-13(7-11)10-21-15-6-5-12(9-20)8-14(15)16(17,18)19/h5-6,8,11,13,21H,2-4,7,10H2,1H3. The summed E-state index contributed by atoms with van der Waals surface area (Å²) in [5.41, 5.74) is -0.663. The van der Waals surface area contributed by atoms with E-state index in [-0.39, 0.29) is 11.3 Å². The van der Waals surface area contributed by atoms with Gasteiger partial charge in [-0.1, -0.05) is 19.8 Å². The molecule has 1 aliphatic carbocycles. The third-order valence-electron chi connectivity index (χ3n) is 4.08. The maximum Gasteiger partial charge on any atom is 0.418 e. The normalized spacial score (nSPS) is 22.6. The minimum Gasteiger partial charge on any atom is -0.384 e. The molecule has 0 saturated heterocycles. The topological polar surface area (TPSA) is 35.8 Å². The SMILES string of the molecule is CC1CCCC(CNc2ccc(C#N)cc2C(F)(F)F)C1. The fourth-order valence-electron chi connectivity index (χ4n) is 3.00. The van der Waals surface area contributed by atoms with Gasteiger partial charge in [-0.05, 0) is 42.9 Å². The molecule has 1 saturated carbocycles. The number of nitrogens with one attached hydrogen (secondary N) is 1. The smallest absolute Gasteiger partial charge is 0.384 e. The molecule has 2 atom stereocenters. The molecule has 0 aromatic heterocycles. The highest BCUT2D eigenvalue weighted by atomic mass is 19.4. The van der Waals surface area contributed by atoms with Crippen molar-refractivity contribution in [2.75, 3.05) is 11.9 Å². The van der Waals surface area contributed by atoms with Gasteiger partial charge >= 0.3 is 6.18 Å². The molecule has 2 rings (SSSR count). The Morgan fingerprint density at radius 3 is 2.71 bits per heavy atom. The fraction of sp³-hybridized carbons (Fsp3) is 0.562. The molecule has 0 heterocycles. The minimum atomic E-state index is -4.45. The molecule has 1 aromatic rings. The van der Waals surface area contributed by atoms with Crippen molar-refractivity contribution in [3.05, 3.63) is 29.3 Å². The van der Waals surface area contributed by atoms with Crippen LogP contribution in [0.3, 0.4) is 0 Å². The van der Waals surface area contributed by atoms with Crippen molar-refractivity contribution in [1.82, 2.24) is 0 Å². The molecule has 0 spiro atoms. The summed E-state index contributed by atoms with van der Waals surface area (Å²) in [5, 5.41) is 11.7. The zero-order valence-electron chi connectivity index (χ0n) is 12.0. The van der Waals surface area contributed by atoms with Crippen molar-refractivity contribution >= 4 is 5.69 Å². The van der Waals surface area contributed by atoms with Gasteiger partial charge in [0.2, 0.25) is 0 Å². The van der Waals surface area contributed by atoms with Crippen molar-refractivity contribution in [2.45, 2.75) is 38.8 Å². The van der Waals surface area contributed by atoms with Crippen molar-refractivity contribution in [3.63, 3.8) is 0 Å². The summed E-state index contributed by atoms with van der Waals surface area (Å²) in [5.74, 6) is 1.07. The molecule has 1 aliphatic rings. The summed E-state index contributed by atoms with van der Waals surface area (Å²) in [6, 6.07) is 5.43. The van der Waals surface area contributed by atoms with Crippen LogP contribution in [-0.4, -0.2) is 6.54 Å². The first-order valence-electron chi connectivity index (χ1n) is 7.25. The third-order valence-corrected chi connectivity index (χ3v) is 4.08. The van der Waals surface area contributed by atoms with E-state index in [1.807, 2.05) is 0 Å². The van der Waals surface area contributed by atoms with E-state index in [1.54, 1.807) is 6.07 Å². The molecule has 1 N–H and O–H groups in total. The Bertz CT molecular complexity index is 531. The van der Waals surface area contributed by atoms with E-state index in [4.69, 9.17) is 5.26 Å². The molecule has 0 radical (unpaired) electrons. The van der Waals surface area contributed by atoms with Crippen LogP contribution >= 0.6 is 0 Å². The molecule has 2 nitrogen and oxygen atoms in total. The Balaban J connectivity index is 2.10. The highest BCUT2D eigenvalue weighted by Gasteiger charge is 2.34. The number of halogens is 3. The Labute approximate surface area is 123 Å². The average Bonchev–Trinajstić information content (AvgIpc) is 2.44. The lowest BCUT2D eigenvalue weighted by molar-refractivity contribution is -0.137. The summed E-state index contributed by atoms with van der Waals surface area (Å²) in [7, 11) is 0. The van der Waals surface area contributed by atoms with Crippen LogP contribution in [-0.2, 0) is 6.18 Å². The third kappa shape index (κ3) is 4.13. The second-order valence-electron chi connectivity index (χ2n) is 5.89. The predicted molar refractivity (Wildman–Crippen MR) is 75.8 cm³/mol. The van der Waals surface area contributed by atoms with Crippen molar-refractivity contribution < 1.29 is 13.2 Å². The van der Waals surface area contributed by atoms with Gasteiger partial charge in [0.1, 0.15) is 0 Å². The molecule has 0 amide bonds. The van der Waals surface area contributed by atoms with Crippen LogP contribution in [0, 0.1) is 23.2 Å². The molecule has 114 valence electrons. The van der Waals surface area contributed by atoms with Crippen LogP contribution < -0.4 is 5.32 Å². The zero-order chi connectivity index (χ0) is 15.5. The van der Waals surface area contributed by atoms with Gasteiger partial charge in [0.25, 0.3) is 0 Å². The lowest BCUT2D eigenvalue weighted by Crippen LogP contribution is -2.22. The lowest BCUT2D eigenvalue weighted by Gasteiger charge is -2.27. The van der Waals surface area contributed by atoms with Crippen molar-refractivity contribution in [1.29, 1.82) is 5.26 Å². The van der Waals surface area contributed by atoms with E-state index < -0.39 is 11.7 Å². The molecule has 0 bridgehead atoms. The van der Waals surface area contributed by atoms with E-state index in [0.717, 1.165) is 25.3 Å². The first-order valence-corrected chi connectivity index (χ1v) is 7.25. The number of anilines is 1. The van der Waals surface area contributed by atoms with Crippen LogP contribution in [0.5, 0.6) is 0 Å². The van der Waals surface area contributed by atoms with Crippen LogP contribution in [0.15, 0.2) is 18.2 Å². The number of rotatable bonds is 3. The number of hydrogen-bond acceptors (Lipinski definition) is 2. The molecule has 2 unspecified atom stereocenters.